The van der Waals surface area contributed by atoms with Crippen molar-refractivity contribution in [1.82, 2.24) is 25.5 Å². The number of aromatic nitrogens is 4. The van der Waals surface area contributed by atoms with Crippen LogP contribution in [0.4, 0.5) is 27.8 Å². The van der Waals surface area contributed by atoms with Crippen LogP contribution in [0.5, 0.6) is 5.75 Å². The average molecular weight is 464 g/mol. The predicted molar refractivity (Wildman–Crippen MR) is 127 cm³/mol. The molecule has 0 saturated carbocycles. The minimum absolute atomic E-state index is 0.0118. The van der Waals surface area contributed by atoms with Gasteiger partial charge in [-0.3, -0.25) is 24.7 Å². The molecule has 3 amide bonds. The Bertz CT molecular complexity index is 1190. The first kappa shape index (κ1) is 21.6. The molecule has 12 nitrogen and oxygen atoms in total. The highest BCUT2D eigenvalue weighted by Gasteiger charge is 2.33. The van der Waals surface area contributed by atoms with Crippen LogP contribution in [-0.2, 0) is 0 Å². The lowest BCUT2D eigenvalue weighted by Gasteiger charge is -2.30. The molecular weight excluding hydrogens is 438 g/mol. The quantitative estimate of drug-likeness (QED) is 0.499. The molecule has 0 spiro atoms. The third kappa shape index (κ3) is 4.22. The highest BCUT2D eigenvalue weighted by Crippen LogP contribution is 2.27. The number of nitrogens with zero attached hydrogens (tertiary/aromatic N) is 6. The second-order valence-electron chi connectivity index (χ2n) is 7.86. The molecule has 0 radical (unpaired) electrons. The van der Waals surface area contributed by atoms with Crippen molar-refractivity contribution < 1.29 is 14.3 Å². The lowest BCUT2D eigenvalue weighted by molar-refractivity contribution is 0.101. The van der Waals surface area contributed by atoms with Crippen molar-refractivity contribution in [3.8, 4) is 5.75 Å². The van der Waals surface area contributed by atoms with Gasteiger partial charge in [0.25, 0.3) is 11.9 Å². The maximum Gasteiger partial charge on any atom is 0.331 e. The molecule has 3 N–H and O–H groups in total. The van der Waals surface area contributed by atoms with Gasteiger partial charge in [-0.15, -0.1) is 5.10 Å². The minimum atomic E-state index is -0.459. The van der Waals surface area contributed by atoms with E-state index in [1.165, 1.54) is 4.90 Å². The van der Waals surface area contributed by atoms with Crippen molar-refractivity contribution in [2.45, 2.75) is 0 Å². The lowest BCUT2D eigenvalue weighted by atomic mass is 10.2. The number of urea groups is 1. The molecule has 5 rings (SSSR count). The monoisotopic (exact) mass is 463 g/mol. The molecule has 0 bridgehead atoms. The number of rotatable bonds is 6. The summed E-state index contributed by atoms with van der Waals surface area (Å²) in [5.74, 6) is 0.363. The molecule has 2 fully saturated rings. The van der Waals surface area contributed by atoms with Gasteiger partial charge in [0, 0.05) is 57.2 Å². The Morgan fingerprint density at radius 2 is 1.94 bits per heavy atom. The molecule has 0 atom stereocenters. The summed E-state index contributed by atoms with van der Waals surface area (Å²) in [6, 6.07) is 8.88. The number of hydrogen-bond acceptors (Lipinski definition) is 8. The summed E-state index contributed by atoms with van der Waals surface area (Å²) < 4.78 is 5.25. The van der Waals surface area contributed by atoms with Crippen LogP contribution in [0.25, 0.3) is 0 Å². The topological polar surface area (TPSA) is 132 Å². The summed E-state index contributed by atoms with van der Waals surface area (Å²) in [5.41, 5.74) is 2.21. The van der Waals surface area contributed by atoms with Crippen LogP contribution in [0, 0.1) is 0 Å². The molecule has 1 aromatic carbocycles. The van der Waals surface area contributed by atoms with Crippen LogP contribution in [0.1, 0.15) is 10.6 Å². The van der Waals surface area contributed by atoms with E-state index in [0.29, 0.717) is 24.5 Å². The molecule has 0 unspecified atom stereocenters. The summed E-state index contributed by atoms with van der Waals surface area (Å²) in [7, 11) is 1.58. The zero-order valence-corrected chi connectivity index (χ0v) is 18.7. The van der Waals surface area contributed by atoms with Gasteiger partial charge in [-0.05, 0) is 18.2 Å². The van der Waals surface area contributed by atoms with Gasteiger partial charge in [-0.25, -0.2) is 4.79 Å². The van der Waals surface area contributed by atoms with Gasteiger partial charge in [-0.1, -0.05) is 6.07 Å². The summed E-state index contributed by atoms with van der Waals surface area (Å²) in [4.78, 5) is 39.5. The second-order valence-corrected chi connectivity index (χ2v) is 7.86. The molecule has 2 aliphatic rings. The smallest absolute Gasteiger partial charge is 0.331 e. The second kappa shape index (κ2) is 9.35. The van der Waals surface area contributed by atoms with E-state index in [2.05, 4.69) is 35.7 Å². The fraction of sp³-hybridized carbons (Fsp3) is 0.318. The summed E-state index contributed by atoms with van der Waals surface area (Å²) >= 11 is 0. The largest absolute Gasteiger partial charge is 0.497 e. The van der Waals surface area contributed by atoms with Crippen LogP contribution < -0.4 is 30.1 Å². The maximum atomic E-state index is 13.0. The van der Waals surface area contributed by atoms with Gasteiger partial charge in [0.15, 0.2) is 0 Å². The molecular formula is C22H25N9O3. The number of piperazine rings is 1. The molecule has 2 aliphatic heterocycles. The third-order valence-electron chi connectivity index (χ3n) is 5.81. The Labute approximate surface area is 195 Å². The van der Waals surface area contributed by atoms with E-state index in [9.17, 15) is 9.59 Å². The van der Waals surface area contributed by atoms with Crippen LogP contribution in [-0.4, -0.2) is 78.5 Å². The Morgan fingerprint density at radius 1 is 1.12 bits per heavy atom. The Hall–Kier alpha value is -4.19. The van der Waals surface area contributed by atoms with E-state index in [-0.39, 0.29) is 17.8 Å². The van der Waals surface area contributed by atoms with Crippen LogP contribution in [0.2, 0.25) is 0 Å². The molecule has 12 heteroatoms. The maximum absolute atomic E-state index is 13.0. The Kier molecular flexibility index (Phi) is 5.95. The van der Waals surface area contributed by atoms with Crippen molar-refractivity contribution in [2.75, 3.05) is 66.4 Å². The van der Waals surface area contributed by atoms with E-state index < -0.39 is 5.91 Å². The highest BCUT2D eigenvalue weighted by molar-refractivity contribution is 6.06. The number of carbonyl (C=O) groups excluding carboxylic acids is 2. The number of benzene rings is 1. The first-order valence-corrected chi connectivity index (χ1v) is 11.0. The number of pyridine rings is 1. The molecule has 0 aliphatic carbocycles. The number of nitrogens with one attached hydrogen (secondary N) is 3. The third-order valence-corrected chi connectivity index (χ3v) is 5.81. The van der Waals surface area contributed by atoms with Gasteiger partial charge in [0.05, 0.1) is 24.7 Å². The molecule has 176 valence electrons. The van der Waals surface area contributed by atoms with Crippen molar-refractivity contribution >= 4 is 34.9 Å². The number of amides is 3. The normalized spacial score (nSPS) is 16.1. The first-order chi connectivity index (χ1) is 16.6. The number of anilines is 4. The number of methoxy groups -OCH3 is 1. The number of hydrogen-bond donors (Lipinski definition) is 3. The van der Waals surface area contributed by atoms with Crippen LogP contribution in [0.15, 0.2) is 42.7 Å². The highest BCUT2D eigenvalue weighted by atomic mass is 16.5. The van der Waals surface area contributed by atoms with Crippen molar-refractivity contribution in [2.24, 2.45) is 0 Å². The van der Waals surface area contributed by atoms with E-state index in [4.69, 9.17) is 4.74 Å². The molecule has 2 saturated heterocycles. The van der Waals surface area contributed by atoms with Crippen LogP contribution >= 0.6 is 0 Å². The summed E-state index contributed by atoms with van der Waals surface area (Å²) in [6.45, 7) is 4.27. The van der Waals surface area contributed by atoms with Gasteiger partial charge in [0.2, 0.25) is 5.82 Å². The first-order valence-electron chi connectivity index (χ1n) is 11.0. The molecule has 2 aromatic heterocycles. The number of aromatic amines is 1. The van der Waals surface area contributed by atoms with Crippen LogP contribution in [0.3, 0.4) is 0 Å². The van der Waals surface area contributed by atoms with Gasteiger partial charge in [-0.2, -0.15) is 4.98 Å². The lowest BCUT2D eigenvalue weighted by Crippen LogP contribution is -2.43. The van der Waals surface area contributed by atoms with Crippen molar-refractivity contribution in [1.29, 1.82) is 0 Å². The minimum Gasteiger partial charge on any atom is -0.497 e. The van der Waals surface area contributed by atoms with Gasteiger partial charge >= 0.3 is 6.03 Å². The fourth-order valence-corrected chi connectivity index (χ4v) is 4.06. The van der Waals surface area contributed by atoms with Crippen molar-refractivity contribution in [3.05, 3.63) is 48.5 Å². The number of H-pyrrole nitrogens is 1. The van der Waals surface area contributed by atoms with E-state index in [1.54, 1.807) is 30.5 Å². The van der Waals surface area contributed by atoms with Gasteiger partial charge in [0.1, 0.15) is 5.75 Å². The SMILES string of the molecule is COc1cccc(N2CCN(c3n[nH]c(C(=O)Nc4cnccc4N4CCNCC4)n3)C2=O)c1. The summed E-state index contributed by atoms with van der Waals surface area (Å²) in [5, 5.41) is 12.9. The van der Waals surface area contributed by atoms with Crippen molar-refractivity contribution in [3.63, 3.8) is 0 Å². The van der Waals surface area contributed by atoms with E-state index in [0.717, 1.165) is 37.6 Å². The summed E-state index contributed by atoms with van der Waals surface area (Å²) in [6.07, 6.45) is 3.31. The Morgan fingerprint density at radius 3 is 2.76 bits per heavy atom. The zero-order chi connectivity index (χ0) is 23.5. The molecule has 4 heterocycles. The molecule has 34 heavy (non-hydrogen) atoms. The molecule has 3 aromatic rings. The standard InChI is InChI=1S/C22H25N9O3/c1-34-16-4-2-3-15(13-16)30-11-12-31(22(30)33)21-26-19(27-28-21)20(32)25-17-14-24-6-5-18(17)29-9-7-23-8-10-29/h2-6,13-14,23H,7-12H2,1H3,(H,25,32)(H,26,27,28). The predicted octanol–water partition coefficient (Wildman–Crippen LogP) is 1.32. The Balaban J connectivity index is 1.29. The fourth-order valence-electron chi connectivity index (χ4n) is 4.06. The number of ether oxygens (including phenoxy) is 1. The van der Waals surface area contributed by atoms with E-state index in [1.807, 2.05) is 24.3 Å². The number of carbonyl (C=O) groups is 2. The van der Waals surface area contributed by atoms with Gasteiger partial charge < -0.3 is 20.3 Å². The zero-order valence-electron chi connectivity index (χ0n) is 18.7. The van der Waals surface area contributed by atoms with E-state index >= 15 is 0 Å². The average Bonchev–Trinajstić information content (AvgIpc) is 3.52.